The van der Waals surface area contributed by atoms with Crippen LogP contribution < -0.4 is 0 Å². The second-order valence-electron chi connectivity index (χ2n) is 4.61. The van der Waals surface area contributed by atoms with Crippen LogP contribution in [-0.2, 0) is 23.9 Å². The van der Waals surface area contributed by atoms with Gasteiger partial charge in [-0.3, -0.25) is 9.59 Å². The maximum absolute atomic E-state index is 11.2. The van der Waals surface area contributed by atoms with E-state index < -0.39 is 12.1 Å². The van der Waals surface area contributed by atoms with E-state index in [2.05, 4.69) is 4.74 Å². The molecule has 2 rings (SSSR count). The van der Waals surface area contributed by atoms with Crippen molar-refractivity contribution < 1.29 is 23.9 Å². The van der Waals surface area contributed by atoms with E-state index in [0.717, 1.165) is 19.3 Å². The van der Waals surface area contributed by atoms with Gasteiger partial charge in [0.25, 0.3) is 0 Å². The van der Waals surface area contributed by atoms with Gasteiger partial charge in [0.2, 0.25) is 11.9 Å². The molecule has 0 aromatic rings. The SMILES string of the molecule is O=C1CCCC(CCOC2C(=O)COC2=O)C1. The Hall–Kier alpha value is -1.23. The lowest BCUT2D eigenvalue weighted by Gasteiger charge is -2.20. The lowest BCUT2D eigenvalue weighted by Crippen LogP contribution is -2.27. The molecule has 1 heterocycles. The number of ketones is 2. The van der Waals surface area contributed by atoms with Crippen molar-refractivity contribution in [2.45, 2.75) is 38.2 Å². The molecule has 1 saturated carbocycles. The van der Waals surface area contributed by atoms with Crippen LogP contribution >= 0.6 is 0 Å². The smallest absolute Gasteiger partial charge is 0.343 e. The number of hydrogen-bond acceptors (Lipinski definition) is 5. The Balaban J connectivity index is 1.70. The average molecular weight is 240 g/mol. The van der Waals surface area contributed by atoms with Gasteiger partial charge in [0.1, 0.15) is 5.78 Å². The maximum atomic E-state index is 11.2. The molecule has 1 aliphatic heterocycles. The molecule has 2 unspecified atom stereocenters. The maximum Gasteiger partial charge on any atom is 0.343 e. The molecular formula is C12H16O5. The van der Waals surface area contributed by atoms with Crippen molar-refractivity contribution in [3.8, 4) is 0 Å². The van der Waals surface area contributed by atoms with Crippen LogP contribution in [0, 0.1) is 5.92 Å². The molecule has 0 aromatic carbocycles. The van der Waals surface area contributed by atoms with Crippen molar-refractivity contribution in [2.24, 2.45) is 5.92 Å². The molecule has 94 valence electrons. The summed E-state index contributed by atoms with van der Waals surface area (Å²) < 4.78 is 9.80. The highest BCUT2D eigenvalue weighted by atomic mass is 16.6. The third kappa shape index (κ3) is 3.12. The van der Waals surface area contributed by atoms with E-state index in [1.807, 2.05) is 0 Å². The van der Waals surface area contributed by atoms with Gasteiger partial charge in [0.05, 0.1) is 0 Å². The summed E-state index contributed by atoms with van der Waals surface area (Å²) in [6.07, 6.45) is 2.95. The fourth-order valence-electron chi connectivity index (χ4n) is 2.30. The zero-order valence-corrected chi connectivity index (χ0v) is 9.65. The van der Waals surface area contributed by atoms with Gasteiger partial charge in [-0.25, -0.2) is 4.79 Å². The van der Waals surface area contributed by atoms with Crippen LogP contribution in [0.4, 0.5) is 0 Å². The van der Waals surface area contributed by atoms with Gasteiger partial charge in [-0.2, -0.15) is 0 Å². The van der Waals surface area contributed by atoms with Crippen molar-refractivity contribution in [1.82, 2.24) is 0 Å². The lowest BCUT2D eigenvalue weighted by molar-refractivity contribution is -0.148. The molecule has 1 aliphatic carbocycles. The Bertz CT molecular complexity index is 320. The molecule has 17 heavy (non-hydrogen) atoms. The first-order valence-electron chi connectivity index (χ1n) is 5.99. The van der Waals surface area contributed by atoms with Crippen LogP contribution in [0.5, 0.6) is 0 Å². The summed E-state index contributed by atoms with van der Waals surface area (Å²) in [7, 11) is 0. The third-order valence-electron chi connectivity index (χ3n) is 3.26. The van der Waals surface area contributed by atoms with E-state index in [1.165, 1.54) is 0 Å². The second-order valence-corrected chi connectivity index (χ2v) is 4.61. The van der Waals surface area contributed by atoms with Crippen molar-refractivity contribution in [1.29, 1.82) is 0 Å². The normalized spacial score (nSPS) is 29.5. The second kappa shape index (κ2) is 5.40. The fraction of sp³-hybridized carbons (Fsp3) is 0.750. The Labute approximate surface area is 99.5 Å². The van der Waals surface area contributed by atoms with E-state index in [0.29, 0.717) is 31.1 Å². The minimum atomic E-state index is -1.03. The van der Waals surface area contributed by atoms with Gasteiger partial charge in [-0.1, -0.05) is 0 Å². The minimum absolute atomic E-state index is 0.175. The van der Waals surface area contributed by atoms with Gasteiger partial charge in [0, 0.05) is 19.4 Å². The summed E-state index contributed by atoms with van der Waals surface area (Å²) in [6.45, 7) is 0.162. The summed E-state index contributed by atoms with van der Waals surface area (Å²) in [5.41, 5.74) is 0. The standard InChI is InChI=1S/C12H16O5/c13-9-3-1-2-8(6-9)4-5-16-11-10(14)7-17-12(11)15/h8,11H,1-7H2. The Morgan fingerprint density at radius 3 is 2.76 bits per heavy atom. The van der Waals surface area contributed by atoms with E-state index in [1.54, 1.807) is 0 Å². The Morgan fingerprint density at radius 1 is 1.29 bits per heavy atom. The third-order valence-corrected chi connectivity index (χ3v) is 3.26. The molecule has 0 radical (unpaired) electrons. The Morgan fingerprint density at radius 2 is 2.12 bits per heavy atom. The highest BCUT2D eigenvalue weighted by Crippen LogP contribution is 2.24. The van der Waals surface area contributed by atoms with Crippen LogP contribution in [0.3, 0.4) is 0 Å². The van der Waals surface area contributed by atoms with Gasteiger partial charge in [-0.15, -0.1) is 0 Å². The number of carbonyl (C=O) groups excluding carboxylic acids is 3. The molecule has 0 aromatic heterocycles. The molecule has 2 aliphatic rings. The zero-order valence-electron chi connectivity index (χ0n) is 9.65. The van der Waals surface area contributed by atoms with Crippen LogP contribution in [0.25, 0.3) is 0 Å². The highest BCUT2D eigenvalue weighted by Gasteiger charge is 2.36. The van der Waals surface area contributed by atoms with Crippen LogP contribution in [0.1, 0.15) is 32.1 Å². The number of cyclic esters (lactones) is 1. The summed E-state index contributed by atoms with van der Waals surface area (Å²) in [4.78, 5) is 33.5. The summed E-state index contributed by atoms with van der Waals surface area (Å²) in [6, 6.07) is 0. The molecule has 0 amide bonds. The number of ether oxygens (including phenoxy) is 2. The van der Waals surface area contributed by atoms with Crippen LogP contribution in [0.15, 0.2) is 0 Å². The van der Waals surface area contributed by atoms with Crippen LogP contribution in [-0.4, -0.2) is 36.9 Å². The molecule has 0 N–H and O–H groups in total. The van der Waals surface area contributed by atoms with E-state index in [9.17, 15) is 14.4 Å². The number of Topliss-reactive ketones (excluding diaryl/α,β-unsaturated/α-hetero) is 2. The fourth-order valence-corrected chi connectivity index (χ4v) is 2.30. The molecule has 5 heteroatoms. The van der Waals surface area contributed by atoms with Crippen molar-refractivity contribution in [2.75, 3.05) is 13.2 Å². The first kappa shape index (κ1) is 12.2. The molecular weight excluding hydrogens is 224 g/mol. The first-order valence-corrected chi connectivity index (χ1v) is 5.99. The van der Waals surface area contributed by atoms with E-state index in [4.69, 9.17) is 4.74 Å². The zero-order chi connectivity index (χ0) is 12.3. The predicted molar refractivity (Wildman–Crippen MR) is 57.3 cm³/mol. The molecule has 0 spiro atoms. The van der Waals surface area contributed by atoms with Gasteiger partial charge in [-0.05, 0) is 25.2 Å². The van der Waals surface area contributed by atoms with Crippen molar-refractivity contribution in [3.63, 3.8) is 0 Å². The number of esters is 1. The lowest BCUT2D eigenvalue weighted by atomic mass is 9.86. The van der Waals surface area contributed by atoms with E-state index >= 15 is 0 Å². The average Bonchev–Trinajstić information content (AvgIpc) is 2.61. The summed E-state index contributed by atoms with van der Waals surface area (Å²) in [5.74, 6) is -0.259. The van der Waals surface area contributed by atoms with Gasteiger partial charge >= 0.3 is 5.97 Å². The van der Waals surface area contributed by atoms with Crippen LogP contribution in [0.2, 0.25) is 0 Å². The summed E-state index contributed by atoms with van der Waals surface area (Å²) in [5, 5.41) is 0. The predicted octanol–water partition coefficient (Wildman–Crippen LogP) is 0.647. The van der Waals surface area contributed by atoms with Gasteiger partial charge < -0.3 is 9.47 Å². The minimum Gasteiger partial charge on any atom is -0.455 e. The molecule has 0 bridgehead atoms. The number of carbonyl (C=O) groups is 3. The topological polar surface area (TPSA) is 69.7 Å². The molecule has 2 fully saturated rings. The van der Waals surface area contributed by atoms with Crippen molar-refractivity contribution >= 4 is 17.5 Å². The number of hydrogen-bond donors (Lipinski definition) is 0. The van der Waals surface area contributed by atoms with Gasteiger partial charge in [0.15, 0.2) is 6.61 Å². The quantitative estimate of drug-likeness (QED) is 0.533. The number of rotatable bonds is 4. The van der Waals surface area contributed by atoms with Crippen molar-refractivity contribution in [3.05, 3.63) is 0 Å². The Kier molecular flexibility index (Phi) is 3.89. The molecule has 1 saturated heterocycles. The monoisotopic (exact) mass is 240 g/mol. The molecule has 5 nitrogen and oxygen atoms in total. The van der Waals surface area contributed by atoms with E-state index in [-0.39, 0.29) is 12.4 Å². The first-order chi connectivity index (χ1) is 8.16. The molecule has 2 atom stereocenters. The summed E-state index contributed by atoms with van der Waals surface area (Å²) >= 11 is 0. The largest absolute Gasteiger partial charge is 0.455 e. The highest BCUT2D eigenvalue weighted by molar-refractivity contribution is 6.07.